The number of benzene rings is 3. The molecular formula is C30H32F3N7O3. The van der Waals surface area contributed by atoms with Crippen molar-refractivity contribution >= 4 is 29.3 Å². The van der Waals surface area contributed by atoms with Gasteiger partial charge in [-0.1, -0.05) is 55.7 Å². The number of anilines is 2. The van der Waals surface area contributed by atoms with Crippen LogP contribution in [0, 0.1) is 0 Å². The predicted octanol–water partition coefficient (Wildman–Crippen LogP) is 6.91. The fourth-order valence-corrected chi connectivity index (χ4v) is 4.90. The lowest BCUT2D eigenvalue weighted by Gasteiger charge is -2.26. The molecule has 13 heteroatoms. The fraction of sp³-hybridized carbons (Fsp3) is 0.300. The molecule has 1 aliphatic rings. The van der Waals surface area contributed by atoms with E-state index in [4.69, 9.17) is 5.84 Å². The number of hydrazone groups is 1. The van der Waals surface area contributed by atoms with Crippen molar-refractivity contribution < 1.29 is 27.5 Å². The van der Waals surface area contributed by atoms with Crippen molar-refractivity contribution in [1.29, 1.82) is 0 Å². The van der Waals surface area contributed by atoms with E-state index in [0.29, 0.717) is 17.2 Å². The molecule has 0 spiro atoms. The van der Waals surface area contributed by atoms with Gasteiger partial charge < -0.3 is 15.9 Å². The highest BCUT2D eigenvalue weighted by molar-refractivity contribution is 6.06. The van der Waals surface area contributed by atoms with Gasteiger partial charge in [0.1, 0.15) is 0 Å². The summed E-state index contributed by atoms with van der Waals surface area (Å²) < 4.78 is 43.1. The molecule has 226 valence electrons. The summed E-state index contributed by atoms with van der Waals surface area (Å²) >= 11 is 0. The van der Waals surface area contributed by atoms with Gasteiger partial charge in [-0.05, 0) is 66.3 Å². The molecule has 0 atom stereocenters. The number of nitrogens with one attached hydrogen (secondary N) is 2. The molecule has 1 fully saturated rings. The number of guanidine groups is 1. The summed E-state index contributed by atoms with van der Waals surface area (Å²) in [6.07, 6.45) is 0.876. The third kappa shape index (κ3) is 8.77. The summed E-state index contributed by atoms with van der Waals surface area (Å²) in [5.41, 5.74) is 2.53. The van der Waals surface area contributed by atoms with Crippen LogP contribution in [0.2, 0.25) is 0 Å². The van der Waals surface area contributed by atoms with Gasteiger partial charge in [-0.15, -0.1) is 23.4 Å². The second kappa shape index (κ2) is 14.3. The number of ether oxygens (including phenoxy) is 1. The first-order valence-electron chi connectivity index (χ1n) is 13.7. The van der Waals surface area contributed by atoms with Crippen molar-refractivity contribution in [2.45, 2.75) is 50.9 Å². The van der Waals surface area contributed by atoms with E-state index < -0.39 is 24.1 Å². The number of nitrogens with zero attached hydrogens (tertiary/aromatic N) is 4. The largest absolute Gasteiger partial charge is 0.573 e. The van der Waals surface area contributed by atoms with Crippen LogP contribution in [-0.2, 0) is 6.54 Å². The number of halogens is 3. The van der Waals surface area contributed by atoms with Crippen LogP contribution in [0.1, 0.15) is 59.5 Å². The maximum Gasteiger partial charge on any atom is 0.573 e. The zero-order chi connectivity index (χ0) is 30.8. The van der Waals surface area contributed by atoms with Crippen LogP contribution < -0.4 is 26.1 Å². The van der Waals surface area contributed by atoms with E-state index in [2.05, 4.69) is 30.7 Å². The zero-order valence-corrected chi connectivity index (χ0v) is 23.5. The van der Waals surface area contributed by atoms with Gasteiger partial charge in [0.25, 0.3) is 11.9 Å². The number of rotatable bonds is 7. The predicted molar refractivity (Wildman–Crippen MR) is 157 cm³/mol. The van der Waals surface area contributed by atoms with E-state index in [1.54, 1.807) is 24.3 Å². The Labute approximate surface area is 246 Å². The maximum absolute atomic E-state index is 13.6. The molecule has 3 aromatic carbocycles. The molecule has 1 saturated carbocycles. The van der Waals surface area contributed by atoms with Gasteiger partial charge in [0, 0.05) is 18.3 Å². The van der Waals surface area contributed by atoms with Gasteiger partial charge in [0.15, 0.2) is 5.75 Å². The molecule has 4 rings (SSSR count). The molecule has 0 bridgehead atoms. The Hall–Kier alpha value is -4.94. The van der Waals surface area contributed by atoms with Crippen molar-refractivity contribution in [3.8, 4) is 5.75 Å². The molecule has 0 aliphatic heterocycles. The van der Waals surface area contributed by atoms with E-state index in [1.807, 2.05) is 24.3 Å². The van der Waals surface area contributed by atoms with Crippen LogP contribution >= 0.6 is 0 Å². The Morgan fingerprint density at radius 3 is 2.28 bits per heavy atom. The summed E-state index contributed by atoms with van der Waals surface area (Å²) in [6.45, 7) is 0.0539. The van der Waals surface area contributed by atoms with E-state index in [0.717, 1.165) is 18.9 Å². The summed E-state index contributed by atoms with van der Waals surface area (Å²) in [5, 5.41) is 15.5. The molecule has 0 aromatic heterocycles. The van der Waals surface area contributed by atoms with Crippen LogP contribution in [0.4, 0.5) is 29.3 Å². The standard InChI is InChI=1S/C30H32F3N7O3/c1-35-39-28(38-34)37-27(41)23-13-11-20(12-14-23)19-40(24-17-15-22(16-18-24)21-7-3-2-4-8-21)29(42)36-25-9-5-6-10-26(25)43-30(31,32)33/h5-6,9-18,21H,2-4,7-8,19,34H2,1H3,(H,36,42)(H,37,38,41). The van der Waals surface area contributed by atoms with E-state index in [-0.39, 0.29) is 23.8 Å². The topological polar surface area (TPSA) is 134 Å². The first kappa shape index (κ1) is 31.0. The third-order valence-corrected chi connectivity index (χ3v) is 6.98. The van der Waals surface area contributed by atoms with Crippen LogP contribution in [0.15, 0.2) is 88.1 Å². The van der Waals surface area contributed by atoms with Crippen LogP contribution in [0.5, 0.6) is 5.75 Å². The molecule has 0 unspecified atom stereocenters. The Kier molecular flexibility index (Phi) is 10.3. The highest BCUT2D eigenvalue weighted by Crippen LogP contribution is 2.34. The number of azo groups is 1. The molecule has 1 aliphatic carbocycles. The quantitative estimate of drug-likeness (QED) is 0.0899. The highest BCUT2D eigenvalue weighted by atomic mass is 19.4. The minimum atomic E-state index is -4.93. The van der Waals surface area contributed by atoms with E-state index in [1.165, 1.54) is 55.0 Å². The molecule has 10 nitrogen and oxygen atoms in total. The molecule has 3 amide bonds. The highest BCUT2D eigenvalue weighted by Gasteiger charge is 2.32. The monoisotopic (exact) mass is 595 g/mol. The average molecular weight is 596 g/mol. The van der Waals surface area contributed by atoms with E-state index >= 15 is 0 Å². The molecule has 0 radical (unpaired) electrons. The van der Waals surface area contributed by atoms with Crippen molar-refractivity contribution in [2.75, 3.05) is 17.3 Å². The lowest BCUT2D eigenvalue weighted by molar-refractivity contribution is -0.274. The molecular weight excluding hydrogens is 563 g/mol. The summed E-state index contributed by atoms with van der Waals surface area (Å²) in [6, 6.07) is 18.7. The van der Waals surface area contributed by atoms with E-state index in [9.17, 15) is 22.8 Å². The lowest BCUT2D eigenvalue weighted by Crippen LogP contribution is -2.35. The molecule has 0 saturated heterocycles. The van der Waals surface area contributed by atoms with Gasteiger partial charge in [-0.25, -0.2) is 4.79 Å². The minimum absolute atomic E-state index is 0.0539. The zero-order valence-electron chi connectivity index (χ0n) is 23.5. The van der Waals surface area contributed by atoms with Gasteiger partial charge in [0.2, 0.25) is 0 Å². The molecule has 4 N–H and O–H groups in total. The summed E-state index contributed by atoms with van der Waals surface area (Å²) in [5.74, 6) is 4.45. The summed E-state index contributed by atoms with van der Waals surface area (Å²) in [7, 11) is 1.40. The number of urea groups is 1. The number of nitrogens with two attached hydrogens (primary N) is 1. The number of para-hydroxylation sites is 2. The number of carbonyl (C=O) groups is 2. The van der Waals surface area contributed by atoms with Gasteiger partial charge >= 0.3 is 12.4 Å². The van der Waals surface area contributed by atoms with Crippen LogP contribution in [0.25, 0.3) is 0 Å². The second-order valence-electron chi connectivity index (χ2n) is 9.89. The van der Waals surface area contributed by atoms with Crippen molar-refractivity contribution in [1.82, 2.24) is 5.32 Å². The van der Waals surface area contributed by atoms with Gasteiger partial charge in [-0.3, -0.25) is 15.0 Å². The van der Waals surface area contributed by atoms with Crippen molar-refractivity contribution in [3.63, 3.8) is 0 Å². The van der Waals surface area contributed by atoms with Crippen molar-refractivity contribution in [2.24, 2.45) is 21.2 Å². The Bertz CT molecular complexity index is 1450. The van der Waals surface area contributed by atoms with Crippen LogP contribution in [-0.4, -0.2) is 31.3 Å². The normalized spacial score (nSPS) is 14.4. The summed E-state index contributed by atoms with van der Waals surface area (Å²) in [4.78, 5) is 27.5. The maximum atomic E-state index is 13.6. The number of alkyl halides is 3. The van der Waals surface area contributed by atoms with Gasteiger partial charge in [0.05, 0.1) is 12.2 Å². The third-order valence-electron chi connectivity index (χ3n) is 6.98. The fourth-order valence-electron chi connectivity index (χ4n) is 4.90. The first-order valence-corrected chi connectivity index (χ1v) is 13.7. The smallest absolute Gasteiger partial charge is 0.404 e. The number of hydrogen-bond acceptors (Lipinski definition) is 6. The second-order valence-corrected chi connectivity index (χ2v) is 9.89. The number of amides is 3. The molecule has 3 aromatic rings. The number of carbonyl (C=O) groups excluding carboxylic acids is 2. The number of hydrogen-bond donors (Lipinski definition) is 3. The minimum Gasteiger partial charge on any atom is -0.404 e. The lowest BCUT2D eigenvalue weighted by atomic mass is 9.84. The molecule has 43 heavy (non-hydrogen) atoms. The average Bonchev–Trinajstić information content (AvgIpc) is 3.00. The van der Waals surface area contributed by atoms with Crippen molar-refractivity contribution in [3.05, 3.63) is 89.5 Å². The Morgan fingerprint density at radius 2 is 1.65 bits per heavy atom. The Morgan fingerprint density at radius 1 is 0.977 bits per heavy atom. The SMILES string of the molecule is CN=NC(=NN)NC(=O)c1ccc(CN(C(=O)Nc2ccccc2OC(F)(F)F)c2ccc(C3CCCCC3)cc2)cc1. The first-order chi connectivity index (χ1) is 20.7. The van der Waals surface area contributed by atoms with Crippen LogP contribution in [0.3, 0.4) is 0 Å². The molecule has 0 heterocycles. The van der Waals surface area contributed by atoms with Gasteiger partial charge in [-0.2, -0.15) is 5.11 Å². The Balaban J connectivity index is 1.58.